The largest absolute Gasteiger partial charge is 0.392 e. The maximum atomic E-state index is 12.3. The van der Waals surface area contributed by atoms with Crippen LogP contribution in [0.15, 0.2) is 24.3 Å². The number of carbonyl (C=O) groups excluding carboxylic acids is 1. The fourth-order valence-corrected chi connectivity index (χ4v) is 2.57. The van der Waals surface area contributed by atoms with Gasteiger partial charge in [0, 0.05) is 12.6 Å². The molecule has 0 aromatic heterocycles. The van der Waals surface area contributed by atoms with E-state index in [1.54, 1.807) is 19.1 Å². The van der Waals surface area contributed by atoms with E-state index in [0.29, 0.717) is 6.54 Å². The van der Waals surface area contributed by atoms with Crippen LogP contribution in [-0.4, -0.2) is 46.1 Å². The highest BCUT2D eigenvalue weighted by atomic mass is 16.6. The van der Waals surface area contributed by atoms with E-state index in [1.807, 2.05) is 11.8 Å². The fraction of sp³-hybridized carbons (Fsp3) is 0.533. The average Bonchev–Trinajstić information content (AvgIpc) is 2.49. The van der Waals surface area contributed by atoms with Gasteiger partial charge in [0.25, 0.3) is 5.69 Å². The van der Waals surface area contributed by atoms with Crippen molar-refractivity contribution in [3.8, 4) is 0 Å². The average molecular weight is 307 g/mol. The van der Waals surface area contributed by atoms with Gasteiger partial charge >= 0.3 is 0 Å². The molecule has 1 aromatic carbocycles. The molecule has 0 saturated carbocycles. The lowest BCUT2D eigenvalue weighted by Gasteiger charge is -2.37. The predicted molar refractivity (Wildman–Crippen MR) is 82.5 cm³/mol. The molecular weight excluding hydrogens is 286 g/mol. The summed E-state index contributed by atoms with van der Waals surface area (Å²) >= 11 is 0. The lowest BCUT2D eigenvalue weighted by atomic mass is 9.95. The van der Waals surface area contributed by atoms with Crippen LogP contribution in [0.4, 0.5) is 11.4 Å². The molecule has 3 atom stereocenters. The number of likely N-dealkylation sites (tertiary alicyclic amines) is 1. The first-order valence-corrected chi connectivity index (χ1v) is 7.36. The number of carbonyl (C=O) groups is 1. The molecule has 7 heteroatoms. The lowest BCUT2D eigenvalue weighted by molar-refractivity contribution is -0.383. The Hall–Kier alpha value is -1.99. The number of nitro groups is 1. The van der Waals surface area contributed by atoms with E-state index >= 15 is 0 Å². The highest BCUT2D eigenvalue weighted by Gasteiger charge is 2.30. The molecule has 1 heterocycles. The molecule has 0 aliphatic carbocycles. The SMILES string of the molecule is CC1CCN(C(C)C(=O)Nc2ccccc2[N+](=O)[O-])CC1O. The molecule has 2 rings (SSSR count). The molecule has 1 fully saturated rings. The van der Waals surface area contributed by atoms with Crippen molar-refractivity contribution in [1.29, 1.82) is 0 Å². The Kier molecular flexibility index (Phi) is 5.10. The molecule has 1 aliphatic rings. The third-order valence-corrected chi connectivity index (χ3v) is 4.24. The van der Waals surface area contributed by atoms with Gasteiger partial charge in [-0.3, -0.25) is 19.8 Å². The van der Waals surface area contributed by atoms with Gasteiger partial charge in [0.15, 0.2) is 0 Å². The molecule has 3 unspecified atom stereocenters. The van der Waals surface area contributed by atoms with Crippen LogP contribution in [0.25, 0.3) is 0 Å². The number of piperidine rings is 1. The minimum Gasteiger partial charge on any atom is -0.392 e. The summed E-state index contributed by atoms with van der Waals surface area (Å²) in [6.07, 6.45) is 0.375. The van der Waals surface area contributed by atoms with Crippen LogP contribution >= 0.6 is 0 Å². The molecular formula is C15H21N3O4. The number of amides is 1. The number of β-amino-alcohol motifs (C(OH)–C–C–N with tert-alkyl or cyclic N) is 1. The van der Waals surface area contributed by atoms with Gasteiger partial charge in [0.2, 0.25) is 5.91 Å². The van der Waals surface area contributed by atoms with E-state index in [1.165, 1.54) is 12.1 Å². The van der Waals surface area contributed by atoms with Crippen LogP contribution < -0.4 is 5.32 Å². The highest BCUT2D eigenvalue weighted by molar-refractivity contribution is 5.96. The van der Waals surface area contributed by atoms with Crippen LogP contribution in [-0.2, 0) is 4.79 Å². The van der Waals surface area contributed by atoms with Crippen molar-refractivity contribution in [2.75, 3.05) is 18.4 Å². The second kappa shape index (κ2) is 6.85. The van der Waals surface area contributed by atoms with Gasteiger partial charge in [0.05, 0.1) is 17.1 Å². The second-order valence-electron chi connectivity index (χ2n) is 5.77. The smallest absolute Gasteiger partial charge is 0.292 e. The van der Waals surface area contributed by atoms with E-state index in [0.717, 1.165) is 13.0 Å². The summed E-state index contributed by atoms with van der Waals surface area (Å²) in [4.78, 5) is 24.7. The van der Waals surface area contributed by atoms with E-state index in [-0.39, 0.29) is 23.2 Å². The van der Waals surface area contributed by atoms with Crippen molar-refractivity contribution in [1.82, 2.24) is 4.90 Å². The first-order chi connectivity index (χ1) is 10.4. The van der Waals surface area contributed by atoms with Crippen LogP contribution in [0.3, 0.4) is 0 Å². The molecule has 1 saturated heterocycles. The number of nitrogens with zero attached hydrogens (tertiary/aromatic N) is 2. The Labute approximate surface area is 129 Å². The number of hydrogen-bond donors (Lipinski definition) is 2. The maximum Gasteiger partial charge on any atom is 0.292 e. The number of rotatable bonds is 4. The molecule has 1 amide bonds. The van der Waals surface area contributed by atoms with E-state index in [2.05, 4.69) is 5.32 Å². The first-order valence-electron chi connectivity index (χ1n) is 7.36. The molecule has 1 aliphatic heterocycles. The molecule has 0 bridgehead atoms. The summed E-state index contributed by atoms with van der Waals surface area (Å²) in [6, 6.07) is 5.60. The number of anilines is 1. The van der Waals surface area contributed by atoms with Gasteiger partial charge in [0.1, 0.15) is 5.69 Å². The Balaban J connectivity index is 2.05. The number of benzene rings is 1. The Morgan fingerprint density at radius 1 is 1.50 bits per heavy atom. The van der Waals surface area contributed by atoms with Crippen molar-refractivity contribution in [3.05, 3.63) is 34.4 Å². The quantitative estimate of drug-likeness (QED) is 0.651. The summed E-state index contributed by atoms with van der Waals surface area (Å²) in [5.41, 5.74) is 0.0608. The zero-order chi connectivity index (χ0) is 16.3. The van der Waals surface area contributed by atoms with Gasteiger partial charge < -0.3 is 10.4 Å². The molecule has 0 spiro atoms. The van der Waals surface area contributed by atoms with E-state index in [4.69, 9.17) is 0 Å². The van der Waals surface area contributed by atoms with Crippen molar-refractivity contribution in [3.63, 3.8) is 0 Å². The molecule has 1 aromatic rings. The summed E-state index contributed by atoms with van der Waals surface area (Å²) in [6.45, 7) is 4.89. The van der Waals surface area contributed by atoms with Gasteiger partial charge in [-0.25, -0.2) is 0 Å². The summed E-state index contributed by atoms with van der Waals surface area (Å²) in [7, 11) is 0. The van der Waals surface area contributed by atoms with Gasteiger partial charge in [-0.1, -0.05) is 19.1 Å². The van der Waals surface area contributed by atoms with Crippen molar-refractivity contribution >= 4 is 17.3 Å². The Morgan fingerprint density at radius 2 is 2.18 bits per heavy atom. The first kappa shape index (κ1) is 16.4. The van der Waals surface area contributed by atoms with Crippen molar-refractivity contribution < 1.29 is 14.8 Å². The number of nitro benzene ring substituents is 1. The van der Waals surface area contributed by atoms with Crippen LogP contribution in [0, 0.1) is 16.0 Å². The maximum absolute atomic E-state index is 12.3. The van der Waals surface area contributed by atoms with Gasteiger partial charge in [-0.2, -0.15) is 0 Å². The minimum absolute atomic E-state index is 0.129. The van der Waals surface area contributed by atoms with E-state index < -0.39 is 17.1 Å². The normalized spacial score (nSPS) is 23.8. The minimum atomic E-state index is -0.521. The molecule has 120 valence electrons. The van der Waals surface area contributed by atoms with Crippen molar-refractivity contribution in [2.24, 2.45) is 5.92 Å². The Morgan fingerprint density at radius 3 is 2.82 bits per heavy atom. The topological polar surface area (TPSA) is 95.7 Å². The fourth-order valence-electron chi connectivity index (χ4n) is 2.57. The van der Waals surface area contributed by atoms with Gasteiger partial charge in [-0.15, -0.1) is 0 Å². The lowest BCUT2D eigenvalue weighted by Crippen LogP contribution is -2.50. The van der Waals surface area contributed by atoms with Crippen molar-refractivity contribution in [2.45, 2.75) is 32.4 Å². The molecule has 7 nitrogen and oxygen atoms in total. The third kappa shape index (κ3) is 3.61. The number of aliphatic hydroxyl groups excluding tert-OH is 1. The summed E-state index contributed by atoms with van der Waals surface area (Å²) in [5.74, 6) is -0.0854. The van der Waals surface area contributed by atoms with Gasteiger partial charge in [-0.05, 0) is 31.9 Å². The molecule has 0 radical (unpaired) electrons. The molecule has 2 N–H and O–H groups in total. The van der Waals surface area contributed by atoms with E-state index in [9.17, 15) is 20.0 Å². The predicted octanol–water partition coefficient (Wildman–Crippen LogP) is 1.62. The monoisotopic (exact) mass is 307 g/mol. The number of nitrogens with one attached hydrogen (secondary N) is 1. The standard InChI is InChI=1S/C15H21N3O4/c1-10-7-8-17(9-14(10)19)11(2)15(20)16-12-5-3-4-6-13(12)18(21)22/h3-6,10-11,14,19H,7-9H2,1-2H3,(H,16,20). The van der Waals surface area contributed by atoms with Crippen LogP contribution in [0.2, 0.25) is 0 Å². The second-order valence-corrected chi connectivity index (χ2v) is 5.77. The van der Waals surface area contributed by atoms with Crippen LogP contribution in [0.1, 0.15) is 20.3 Å². The highest BCUT2D eigenvalue weighted by Crippen LogP contribution is 2.24. The number of para-hydroxylation sites is 2. The van der Waals surface area contributed by atoms with Crippen LogP contribution in [0.5, 0.6) is 0 Å². The number of aliphatic hydroxyl groups is 1. The third-order valence-electron chi connectivity index (χ3n) is 4.24. The Bertz CT molecular complexity index is 563. The zero-order valence-corrected chi connectivity index (χ0v) is 12.7. The summed E-state index contributed by atoms with van der Waals surface area (Å²) < 4.78 is 0. The molecule has 22 heavy (non-hydrogen) atoms. The summed E-state index contributed by atoms with van der Waals surface area (Å²) in [5, 5.41) is 23.5. The zero-order valence-electron chi connectivity index (χ0n) is 12.7. The number of hydrogen-bond acceptors (Lipinski definition) is 5.